The van der Waals surface area contributed by atoms with Crippen LogP contribution < -0.4 is 5.32 Å². The van der Waals surface area contributed by atoms with Crippen molar-refractivity contribution >= 4 is 17.3 Å². The summed E-state index contributed by atoms with van der Waals surface area (Å²) in [4.78, 5) is 10.6. The van der Waals surface area contributed by atoms with Crippen LogP contribution in [0, 0.1) is 17.5 Å². The molecule has 2 aromatic rings. The second-order valence-electron chi connectivity index (χ2n) is 3.73. The minimum atomic E-state index is -1.56. The maximum absolute atomic E-state index is 13.4. The van der Waals surface area contributed by atoms with Gasteiger partial charge in [0, 0.05) is 5.69 Å². The third-order valence-corrected chi connectivity index (χ3v) is 2.45. The second kappa shape index (κ2) is 5.01. The fourth-order valence-electron chi connectivity index (χ4n) is 1.47. The van der Waals surface area contributed by atoms with Crippen molar-refractivity contribution < 1.29 is 23.1 Å². The Morgan fingerprint density at radius 3 is 2.16 bits per heavy atom. The lowest BCUT2D eigenvalue weighted by Gasteiger charge is -2.08. The van der Waals surface area contributed by atoms with Gasteiger partial charge in [-0.1, -0.05) is 0 Å². The van der Waals surface area contributed by atoms with E-state index in [0.29, 0.717) is 5.69 Å². The summed E-state index contributed by atoms with van der Waals surface area (Å²) in [6.07, 6.45) is 0. The predicted molar refractivity (Wildman–Crippen MR) is 63.0 cm³/mol. The quantitative estimate of drug-likeness (QED) is 0.836. The van der Waals surface area contributed by atoms with Gasteiger partial charge in [0.1, 0.15) is 0 Å². The van der Waals surface area contributed by atoms with Gasteiger partial charge in [0.2, 0.25) is 0 Å². The normalized spacial score (nSPS) is 10.3. The summed E-state index contributed by atoms with van der Waals surface area (Å²) in [5.74, 6) is -5.26. The highest BCUT2D eigenvalue weighted by Gasteiger charge is 2.13. The van der Waals surface area contributed by atoms with Crippen molar-refractivity contribution in [2.45, 2.75) is 0 Å². The van der Waals surface area contributed by atoms with Crippen molar-refractivity contribution in [3.63, 3.8) is 0 Å². The molecule has 6 heteroatoms. The highest BCUT2D eigenvalue weighted by molar-refractivity contribution is 5.88. The molecule has 3 nitrogen and oxygen atoms in total. The van der Waals surface area contributed by atoms with E-state index < -0.39 is 23.4 Å². The molecule has 98 valence electrons. The molecule has 0 aliphatic heterocycles. The van der Waals surface area contributed by atoms with Gasteiger partial charge in [0.15, 0.2) is 17.5 Å². The van der Waals surface area contributed by atoms with E-state index in [4.69, 9.17) is 5.11 Å². The number of rotatable bonds is 3. The number of carboxylic acid groups (broad SMARTS) is 1. The number of aromatic carboxylic acids is 1. The lowest BCUT2D eigenvalue weighted by molar-refractivity contribution is 0.0697. The molecular formula is C13H8F3NO2. The third-order valence-electron chi connectivity index (χ3n) is 2.45. The van der Waals surface area contributed by atoms with Gasteiger partial charge in [0.05, 0.1) is 11.3 Å². The molecule has 0 aliphatic rings. The van der Waals surface area contributed by atoms with E-state index in [2.05, 4.69) is 5.32 Å². The van der Waals surface area contributed by atoms with Crippen LogP contribution >= 0.6 is 0 Å². The van der Waals surface area contributed by atoms with Crippen molar-refractivity contribution in [2.75, 3.05) is 5.32 Å². The SMILES string of the molecule is O=C(O)c1ccc(Nc2ccc(F)c(F)c2F)cc1. The molecule has 0 saturated carbocycles. The van der Waals surface area contributed by atoms with Gasteiger partial charge in [-0.3, -0.25) is 0 Å². The Labute approximate surface area is 106 Å². The van der Waals surface area contributed by atoms with Crippen LogP contribution in [0.2, 0.25) is 0 Å². The monoisotopic (exact) mass is 267 g/mol. The molecule has 0 heterocycles. The van der Waals surface area contributed by atoms with E-state index in [1.54, 1.807) is 0 Å². The van der Waals surface area contributed by atoms with Crippen LogP contribution in [-0.4, -0.2) is 11.1 Å². The number of hydrogen-bond acceptors (Lipinski definition) is 2. The average Bonchev–Trinajstić information content (AvgIpc) is 2.40. The van der Waals surface area contributed by atoms with Gasteiger partial charge < -0.3 is 10.4 Å². The lowest BCUT2D eigenvalue weighted by Crippen LogP contribution is -2.00. The Morgan fingerprint density at radius 1 is 0.947 bits per heavy atom. The number of hydrogen-bond donors (Lipinski definition) is 2. The van der Waals surface area contributed by atoms with Crippen LogP contribution in [0.25, 0.3) is 0 Å². The highest BCUT2D eigenvalue weighted by Crippen LogP contribution is 2.23. The van der Waals surface area contributed by atoms with Gasteiger partial charge >= 0.3 is 5.97 Å². The summed E-state index contributed by atoms with van der Waals surface area (Å²) in [5, 5.41) is 11.2. The van der Waals surface area contributed by atoms with Crippen molar-refractivity contribution in [2.24, 2.45) is 0 Å². The molecule has 0 aromatic heterocycles. The van der Waals surface area contributed by atoms with Gasteiger partial charge in [-0.25, -0.2) is 18.0 Å². The predicted octanol–water partition coefficient (Wildman–Crippen LogP) is 3.55. The van der Waals surface area contributed by atoms with Crippen LogP contribution in [0.5, 0.6) is 0 Å². The average molecular weight is 267 g/mol. The van der Waals surface area contributed by atoms with Crippen LogP contribution in [0.4, 0.5) is 24.5 Å². The topological polar surface area (TPSA) is 49.3 Å². The molecule has 2 rings (SSSR count). The van der Waals surface area contributed by atoms with E-state index in [0.717, 1.165) is 12.1 Å². The largest absolute Gasteiger partial charge is 0.478 e. The summed E-state index contributed by atoms with van der Waals surface area (Å²) in [6.45, 7) is 0. The molecule has 0 amide bonds. The summed E-state index contributed by atoms with van der Waals surface area (Å²) in [6, 6.07) is 7.25. The first-order chi connectivity index (χ1) is 8.99. The first kappa shape index (κ1) is 12.9. The Kier molecular flexibility index (Phi) is 3.41. The van der Waals surface area contributed by atoms with Crippen LogP contribution in [0.3, 0.4) is 0 Å². The van der Waals surface area contributed by atoms with Crippen LogP contribution in [-0.2, 0) is 0 Å². The number of anilines is 2. The number of carbonyl (C=O) groups is 1. The van der Waals surface area contributed by atoms with Gasteiger partial charge in [-0.2, -0.15) is 0 Å². The van der Waals surface area contributed by atoms with Crippen molar-refractivity contribution in [3.05, 3.63) is 59.4 Å². The second-order valence-corrected chi connectivity index (χ2v) is 3.73. The third kappa shape index (κ3) is 2.67. The molecule has 0 fully saturated rings. The van der Waals surface area contributed by atoms with E-state index in [-0.39, 0.29) is 11.3 Å². The lowest BCUT2D eigenvalue weighted by atomic mass is 10.2. The Morgan fingerprint density at radius 2 is 1.58 bits per heavy atom. The molecule has 2 N–H and O–H groups in total. The molecule has 2 aromatic carbocycles. The fraction of sp³-hybridized carbons (Fsp3) is 0. The Balaban J connectivity index is 2.26. The molecule has 0 saturated heterocycles. The first-order valence-corrected chi connectivity index (χ1v) is 5.23. The summed E-state index contributed by atoms with van der Waals surface area (Å²) in [5.41, 5.74) is 0.188. The smallest absolute Gasteiger partial charge is 0.335 e. The molecule has 0 aliphatic carbocycles. The molecule has 0 spiro atoms. The van der Waals surface area contributed by atoms with Gasteiger partial charge in [-0.15, -0.1) is 0 Å². The Hall–Kier alpha value is -2.50. The van der Waals surface area contributed by atoms with Crippen molar-refractivity contribution in [1.29, 1.82) is 0 Å². The minimum Gasteiger partial charge on any atom is -0.478 e. The highest BCUT2D eigenvalue weighted by atomic mass is 19.2. The molecular weight excluding hydrogens is 259 g/mol. The van der Waals surface area contributed by atoms with Crippen molar-refractivity contribution in [3.8, 4) is 0 Å². The number of carboxylic acids is 1. The number of nitrogens with one attached hydrogen (secondary N) is 1. The maximum Gasteiger partial charge on any atom is 0.335 e. The number of benzene rings is 2. The molecule has 19 heavy (non-hydrogen) atoms. The zero-order valence-corrected chi connectivity index (χ0v) is 9.45. The van der Waals surface area contributed by atoms with E-state index in [1.807, 2.05) is 0 Å². The van der Waals surface area contributed by atoms with E-state index >= 15 is 0 Å². The van der Waals surface area contributed by atoms with Crippen LogP contribution in [0.1, 0.15) is 10.4 Å². The standard InChI is InChI=1S/C13H8F3NO2/c14-9-5-6-10(12(16)11(9)15)17-8-3-1-7(2-4-8)13(18)19/h1-6,17H,(H,18,19). The fourth-order valence-corrected chi connectivity index (χ4v) is 1.47. The zero-order chi connectivity index (χ0) is 14.0. The minimum absolute atomic E-state index is 0.0660. The molecule has 0 unspecified atom stereocenters. The Bertz CT molecular complexity index is 627. The van der Waals surface area contributed by atoms with E-state index in [9.17, 15) is 18.0 Å². The summed E-state index contributed by atoms with van der Waals surface area (Å²) < 4.78 is 39.1. The van der Waals surface area contributed by atoms with Crippen LogP contribution in [0.15, 0.2) is 36.4 Å². The summed E-state index contributed by atoms with van der Waals surface area (Å²) in [7, 11) is 0. The zero-order valence-electron chi connectivity index (χ0n) is 9.45. The van der Waals surface area contributed by atoms with Crippen molar-refractivity contribution in [1.82, 2.24) is 0 Å². The first-order valence-electron chi connectivity index (χ1n) is 5.23. The van der Waals surface area contributed by atoms with Gasteiger partial charge in [-0.05, 0) is 36.4 Å². The molecule has 0 atom stereocenters. The molecule has 0 bridgehead atoms. The number of halogens is 3. The maximum atomic E-state index is 13.4. The summed E-state index contributed by atoms with van der Waals surface area (Å²) >= 11 is 0. The molecule has 0 radical (unpaired) electrons. The van der Waals surface area contributed by atoms with Gasteiger partial charge in [0.25, 0.3) is 0 Å². The van der Waals surface area contributed by atoms with E-state index in [1.165, 1.54) is 24.3 Å².